The second-order valence-corrected chi connectivity index (χ2v) is 6.43. The fourth-order valence-corrected chi connectivity index (χ4v) is 3.41. The number of aromatic nitrogens is 2. The van der Waals surface area contributed by atoms with Crippen LogP contribution in [0.2, 0.25) is 0 Å². The quantitative estimate of drug-likeness (QED) is 0.917. The Morgan fingerprint density at radius 2 is 2.10 bits per heavy atom. The van der Waals surface area contributed by atoms with Crippen molar-refractivity contribution in [2.24, 2.45) is 0 Å². The third-order valence-corrected chi connectivity index (χ3v) is 4.54. The Morgan fingerprint density at radius 1 is 1.33 bits per heavy atom. The zero-order valence-corrected chi connectivity index (χ0v) is 13.2. The highest BCUT2D eigenvalue weighted by atomic mass is 16.2. The van der Waals surface area contributed by atoms with Crippen LogP contribution in [0, 0.1) is 0 Å². The molecule has 5 heteroatoms. The molecular formula is C16H26N4O. The minimum absolute atomic E-state index is 0.304. The molecule has 0 atom stereocenters. The second-order valence-electron chi connectivity index (χ2n) is 6.43. The SMILES string of the molecule is CC(C)c1nc2c(n1CCC(=O)N1CCCC1)CCNC2. The van der Waals surface area contributed by atoms with Gasteiger partial charge >= 0.3 is 0 Å². The van der Waals surface area contributed by atoms with Crippen molar-refractivity contribution in [1.82, 2.24) is 19.8 Å². The van der Waals surface area contributed by atoms with Gasteiger partial charge in [0.15, 0.2) is 0 Å². The van der Waals surface area contributed by atoms with Crippen molar-refractivity contribution in [2.75, 3.05) is 19.6 Å². The number of rotatable bonds is 4. The fraction of sp³-hybridized carbons (Fsp3) is 0.750. The van der Waals surface area contributed by atoms with E-state index in [2.05, 4.69) is 23.7 Å². The maximum atomic E-state index is 12.3. The Bertz CT molecular complexity index is 515. The summed E-state index contributed by atoms with van der Waals surface area (Å²) in [5.41, 5.74) is 2.52. The summed E-state index contributed by atoms with van der Waals surface area (Å²) < 4.78 is 2.31. The predicted octanol–water partition coefficient (Wildman–Crippen LogP) is 1.66. The Morgan fingerprint density at radius 3 is 2.81 bits per heavy atom. The molecule has 0 unspecified atom stereocenters. The van der Waals surface area contributed by atoms with Gasteiger partial charge in [-0.25, -0.2) is 4.98 Å². The van der Waals surface area contributed by atoms with Crippen LogP contribution < -0.4 is 5.32 Å². The van der Waals surface area contributed by atoms with Gasteiger partial charge in [0, 0.05) is 57.2 Å². The van der Waals surface area contributed by atoms with Gasteiger partial charge in [0.05, 0.1) is 5.69 Å². The van der Waals surface area contributed by atoms with Gasteiger partial charge in [-0.3, -0.25) is 4.79 Å². The highest BCUT2D eigenvalue weighted by Crippen LogP contribution is 2.22. The Kier molecular flexibility index (Phi) is 4.29. The molecule has 0 radical (unpaired) electrons. The molecule has 21 heavy (non-hydrogen) atoms. The number of imidazole rings is 1. The summed E-state index contributed by atoms with van der Waals surface area (Å²) in [6, 6.07) is 0. The van der Waals surface area contributed by atoms with Gasteiger partial charge in [-0.1, -0.05) is 13.8 Å². The predicted molar refractivity (Wildman–Crippen MR) is 82.2 cm³/mol. The van der Waals surface area contributed by atoms with E-state index >= 15 is 0 Å². The number of hydrogen-bond donors (Lipinski definition) is 1. The number of carbonyl (C=O) groups is 1. The fourth-order valence-electron chi connectivity index (χ4n) is 3.41. The average Bonchev–Trinajstić information content (AvgIpc) is 3.12. The van der Waals surface area contributed by atoms with Crippen LogP contribution in [0.1, 0.15) is 56.2 Å². The topological polar surface area (TPSA) is 50.2 Å². The van der Waals surface area contributed by atoms with Crippen LogP contribution in [0.5, 0.6) is 0 Å². The van der Waals surface area contributed by atoms with E-state index in [1.165, 1.54) is 11.4 Å². The Hall–Kier alpha value is -1.36. The molecule has 0 saturated carbocycles. The molecule has 2 aliphatic rings. The van der Waals surface area contributed by atoms with Crippen LogP contribution in [0.15, 0.2) is 0 Å². The van der Waals surface area contributed by atoms with Gasteiger partial charge in [-0.2, -0.15) is 0 Å². The molecular weight excluding hydrogens is 264 g/mol. The molecule has 2 aliphatic heterocycles. The van der Waals surface area contributed by atoms with E-state index < -0.39 is 0 Å². The first-order chi connectivity index (χ1) is 10.2. The lowest BCUT2D eigenvalue weighted by atomic mass is 10.1. The molecule has 3 heterocycles. The molecule has 0 aliphatic carbocycles. The molecule has 0 aromatic carbocycles. The molecule has 116 valence electrons. The number of likely N-dealkylation sites (tertiary alicyclic amines) is 1. The van der Waals surface area contributed by atoms with Crippen LogP contribution in [0.25, 0.3) is 0 Å². The number of amides is 1. The standard InChI is InChI=1S/C16H26N4O/c1-12(2)16-18-13-11-17-7-5-14(13)20(16)10-6-15(21)19-8-3-4-9-19/h12,17H,3-11H2,1-2H3. The van der Waals surface area contributed by atoms with E-state index in [-0.39, 0.29) is 0 Å². The minimum atomic E-state index is 0.304. The normalized spacial score (nSPS) is 18.3. The molecule has 1 aromatic rings. The van der Waals surface area contributed by atoms with E-state index in [1.54, 1.807) is 0 Å². The molecule has 0 bridgehead atoms. The van der Waals surface area contributed by atoms with Gasteiger partial charge in [0.25, 0.3) is 0 Å². The maximum Gasteiger partial charge on any atom is 0.224 e. The molecule has 1 aromatic heterocycles. The van der Waals surface area contributed by atoms with E-state index in [1.807, 2.05) is 4.90 Å². The molecule has 5 nitrogen and oxygen atoms in total. The molecule has 1 amide bonds. The number of nitrogens with zero attached hydrogens (tertiary/aromatic N) is 3. The van der Waals surface area contributed by atoms with Crippen LogP contribution in [-0.4, -0.2) is 40.0 Å². The summed E-state index contributed by atoms with van der Waals surface area (Å²) in [6.07, 6.45) is 3.95. The molecule has 1 fully saturated rings. The van der Waals surface area contributed by atoms with Crippen molar-refractivity contribution in [3.8, 4) is 0 Å². The minimum Gasteiger partial charge on any atom is -0.343 e. The van der Waals surface area contributed by atoms with Crippen LogP contribution in [-0.2, 0) is 24.3 Å². The Balaban J connectivity index is 1.74. The van der Waals surface area contributed by atoms with E-state index in [0.717, 1.165) is 57.8 Å². The highest BCUT2D eigenvalue weighted by Gasteiger charge is 2.23. The summed E-state index contributed by atoms with van der Waals surface area (Å²) >= 11 is 0. The van der Waals surface area contributed by atoms with Crippen molar-refractivity contribution in [3.05, 3.63) is 17.2 Å². The summed E-state index contributed by atoms with van der Waals surface area (Å²) in [6.45, 7) is 8.91. The van der Waals surface area contributed by atoms with Crippen molar-refractivity contribution in [3.63, 3.8) is 0 Å². The van der Waals surface area contributed by atoms with Crippen LogP contribution >= 0.6 is 0 Å². The third-order valence-electron chi connectivity index (χ3n) is 4.54. The van der Waals surface area contributed by atoms with Crippen molar-refractivity contribution < 1.29 is 4.79 Å². The summed E-state index contributed by atoms with van der Waals surface area (Å²) in [5.74, 6) is 1.84. The third kappa shape index (κ3) is 2.98. The van der Waals surface area contributed by atoms with E-state index in [9.17, 15) is 4.79 Å². The summed E-state index contributed by atoms with van der Waals surface area (Å²) in [4.78, 5) is 19.1. The van der Waals surface area contributed by atoms with Gasteiger partial charge in [0.1, 0.15) is 5.82 Å². The average molecular weight is 290 g/mol. The molecule has 1 saturated heterocycles. The zero-order chi connectivity index (χ0) is 14.8. The van der Waals surface area contributed by atoms with Gasteiger partial charge in [0.2, 0.25) is 5.91 Å². The largest absolute Gasteiger partial charge is 0.343 e. The molecule has 3 rings (SSSR count). The van der Waals surface area contributed by atoms with Crippen LogP contribution in [0.3, 0.4) is 0 Å². The van der Waals surface area contributed by atoms with Crippen molar-refractivity contribution in [1.29, 1.82) is 0 Å². The maximum absolute atomic E-state index is 12.3. The number of hydrogen-bond acceptors (Lipinski definition) is 3. The van der Waals surface area contributed by atoms with Gasteiger partial charge in [-0.15, -0.1) is 0 Å². The van der Waals surface area contributed by atoms with Crippen molar-refractivity contribution in [2.45, 2.75) is 58.5 Å². The smallest absolute Gasteiger partial charge is 0.224 e. The zero-order valence-electron chi connectivity index (χ0n) is 13.2. The number of nitrogens with one attached hydrogen (secondary N) is 1. The lowest BCUT2D eigenvalue weighted by molar-refractivity contribution is -0.130. The van der Waals surface area contributed by atoms with Crippen molar-refractivity contribution >= 4 is 5.91 Å². The number of fused-ring (bicyclic) bond motifs is 1. The first kappa shape index (κ1) is 14.6. The van der Waals surface area contributed by atoms with Gasteiger partial charge in [-0.05, 0) is 12.8 Å². The van der Waals surface area contributed by atoms with Crippen LogP contribution in [0.4, 0.5) is 0 Å². The summed E-state index contributed by atoms with van der Waals surface area (Å²) in [5, 5.41) is 3.38. The lowest BCUT2D eigenvalue weighted by Gasteiger charge is -2.19. The second kappa shape index (κ2) is 6.18. The first-order valence-electron chi connectivity index (χ1n) is 8.23. The summed E-state index contributed by atoms with van der Waals surface area (Å²) in [7, 11) is 0. The number of carbonyl (C=O) groups excluding carboxylic acids is 1. The highest BCUT2D eigenvalue weighted by molar-refractivity contribution is 5.76. The first-order valence-corrected chi connectivity index (χ1v) is 8.23. The Labute approximate surface area is 126 Å². The van der Waals surface area contributed by atoms with Gasteiger partial charge < -0.3 is 14.8 Å². The molecule has 1 N–H and O–H groups in total. The lowest BCUT2D eigenvalue weighted by Crippen LogP contribution is -2.29. The van der Waals surface area contributed by atoms with E-state index in [4.69, 9.17) is 4.98 Å². The monoisotopic (exact) mass is 290 g/mol. The van der Waals surface area contributed by atoms with E-state index in [0.29, 0.717) is 18.2 Å². The molecule has 0 spiro atoms.